The normalized spacial score (nSPS) is 26.2. The second kappa shape index (κ2) is 7.19. The number of hydrogen-bond donors (Lipinski definition) is 2. The molecule has 0 aliphatic carbocycles. The fraction of sp³-hybridized carbons (Fsp3) is 0.923. The van der Waals surface area contributed by atoms with Gasteiger partial charge in [-0.15, -0.1) is 0 Å². The van der Waals surface area contributed by atoms with Gasteiger partial charge in [0.25, 0.3) is 0 Å². The van der Waals surface area contributed by atoms with E-state index in [1.165, 1.54) is 5.01 Å². The summed E-state index contributed by atoms with van der Waals surface area (Å²) in [6.07, 6.45) is 2.07. The van der Waals surface area contributed by atoms with Crippen LogP contribution in [0.2, 0.25) is 0 Å². The minimum absolute atomic E-state index is 0.0698. The first-order valence-electron chi connectivity index (χ1n) is 6.89. The molecule has 0 aromatic heterocycles. The molecule has 0 aromatic rings. The lowest BCUT2D eigenvalue weighted by Crippen LogP contribution is -2.48. The number of carbonyl (C=O) groups excluding carboxylic acids is 1. The zero-order valence-corrected chi connectivity index (χ0v) is 12.1. The van der Waals surface area contributed by atoms with E-state index < -0.39 is 5.79 Å². The summed E-state index contributed by atoms with van der Waals surface area (Å²) in [5, 5.41) is 10.5. The predicted octanol–water partition coefficient (Wildman–Crippen LogP) is 0.781. The van der Waals surface area contributed by atoms with Crippen molar-refractivity contribution in [3.05, 3.63) is 0 Å². The van der Waals surface area contributed by atoms with Crippen LogP contribution in [0.15, 0.2) is 0 Å². The molecule has 0 bridgehead atoms. The van der Waals surface area contributed by atoms with E-state index in [1.807, 2.05) is 6.92 Å². The van der Waals surface area contributed by atoms with Gasteiger partial charge in [0.15, 0.2) is 5.79 Å². The van der Waals surface area contributed by atoms with E-state index in [9.17, 15) is 9.90 Å². The molecule has 1 fully saturated rings. The van der Waals surface area contributed by atoms with Crippen LogP contribution in [-0.2, 0) is 14.3 Å². The van der Waals surface area contributed by atoms with Crippen LogP contribution in [0, 0.1) is 0 Å². The van der Waals surface area contributed by atoms with Crippen molar-refractivity contribution in [3.8, 4) is 0 Å². The molecule has 2 atom stereocenters. The maximum absolute atomic E-state index is 11.9. The van der Waals surface area contributed by atoms with Crippen molar-refractivity contribution in [3.63, 3.8) is 0 Å². The first-order valence-corrected chi connectivity index (χ1v) is 6.89. The number of aliphatic hydroxyl groups excluding tert-OH is 1. The molecule has 0 radical (unpaired) electrons. The molecule has 0 saturated carbocycles. The average Bonchev–Trinajstić information content (AvgIpc) is 2.33. The summed E-state index contributed by atoms with van der Waals surface area (Å²) < 4.78 is 11.2. The van der Waals surface area contributed by atoms with Crippen LogP contribution in [-0.4, -0.2) is 47.2 Å². The van der Waals surface area contributed by atoms with Crippen LogP contribution in [0.3, 0.4) is 0 Å². The van der Waals surface area contributed by atoms with Crippen LogP contribution in [0.4, 0.5) is 0 Å². The van der Waals surface area contributed by atoms with Gasteiger partial charge < -0.3 is 14.6 Å². The van der Waals surface area contributed by atoms with Gasteiger partial charge in [0.1, 0.15) is 0 Å². The topological polar surface area (TPSA) is 85.0 Å². The van der Waals surface area contributed by atoms with E-state index in [0.717, 1.165) is 12.8 Å². The van der Waals surface area contributed by atoms with Gasteiger partial charge in [-0.1, -0.05) is 13.3 Å². The van der Waals surface area contributed by atoms with Crippen molar-refractivity contribution < 1.29 is 19.4 Å². The summed E-state index contributed by atoms with van der Waals surface area (Å²) in [7, 11) is 0. The van der Waals surface area contributed by atoms with Gasteiger partial charge in [-0.3, -0.25) is 9.80 Å². The summed E-state index contributed by atoms with van der Waals surface area (Å²) in [6.45, 7) is 6.10. The van der Waals surface area contributed by atoms with Crippen molar-refractivity contribution in [2.24, 2.45) is 5.84 Å². The van der Waals surface area contributed by atoms with Gasteiger partial charge in [-0.05, 0) is 20.3 Å². The minimum Gasteiger partial charge on any atom is -0.394 e. The van der Waals surface area contributed by atoms with Crippen LogP contribution >= 0.6 is 0 Å². The Morgan fingerprint density at radius 1 is 1.42 bits per heavy atom. The molecular weight excluding hydrogens is 248 g/mol. The van der Waals surface area contributed by atoms with Crippen LogP contribution < -0.4 is 5.84 Å². The lowest BCUT2D eigenvalue weighted by atomic mass is 10.1. The Morgan fingerprint density at radius 2 is 2.05 bits per heavy atom. The van der Waals surface area contributed by atoms with E-state index >= 15 is 0 Å². The number of hydrogen-bond acceptors (Lipinski definition) is 5. The fourth-order valence-electron chi connectivity index (χ4n) is 2.22. The Labute approximate surface area is 114 Å². The van der Waals surface area contributed by atoms with E-state index in [-0.39, 0.29) is 31.1 Å². The molecule has 0 unspecified atom stereocenters. The Hall–Kier alpha value is -0.690. The number of hydrazine groups is 1. The SMILES string of the molecule is CCCCN(N)C(=O)C[C@H]1C[C@@H](CO)OC(C)(C)O1. The molecular formula is C13H26N2O4. The lowest BCUT2D eigenvalue weighted by Gasteiger charge is -2.40. The molecule has 0 aromatic carbocycles. The number of nitrogens with zero attached hydrogens (tertiary/aromatic N) is 1. The Balaban J connectivity index is 2.48. The Morgan fingerprint density at radius 3 is 2.63 bits per heavy atom. The molecule has 0 spiro atoms. The molecule has 1 aliphatic rings. The molecule has 1 amide bonds. The predicted molar refractivity (Wildman–Crippen MR) is 71.0 cm³/mol. The molecule has 3 N–H and O–H groups in total. The number of amides is 1. The number of ether oxygens (including phenoxy) is 2. The van der Waals surface area contributed by atoms with Crippen molar-refractivity contribution >= 4 is 5.91 Å². The third kappa shape index (κ3) is 5.44. The van der Waals surface area contributed by atoms with Crippen molar-refractivity contribution in [2.75, 3.05) is 13.2 Å². The highest BCUT2D eigenvalue weighted by molar-refractivity contribution is 5.76. The van der Waals surface area contributed by atoms with Gasteiger partial charge in [0, 0.05) is 13.0 Å². The molecule has 1 rings (SSSR count). The van der Waals surface area contributed by atoms with E-state index in [2.05, 4.69) is 0 Å². The van der Waals surface area contributed by atoms with E-state index in [4.69, 9.17) is 15.3 Å². The van der Waals surface area contributed by atoms with E-state index in [0.29, 0.717) is 13.0 Å². The second-order valence-corrected chi connectivity index (χ2v) is 5.44. The molecule has 6 nitrogen and oxygen atoms in total. The van der Waals surface area contributed by atoms with Crippen LogP contribution in [0.5, 0.6) is 0 Å². The molecule has 19 heavy (non-hydrogen) atoms. The van der Waals surface area contributed by atoms with Crippen molar-refractivity contribution in [2.45, 2.75) is 64.4 Å². The summed E-state index contributed by atoms with van der Waals surface area (Å²) in [4.78, 5) is 11.9. The fourth-order valence-corrected chi connectivity index (χ4v) is 2.22. The first-order chi connectivity index (χ1) is 8.88. The average molecular weight is 274 g/mol. The third-order valence-corrected chi connectivity index (χ3v) is 3.11. The smallest absolute Gasteiger partial charge is 0.239 e. The molecule has 112 valence electrons. The standard InChI is InChI=1S/C13H26N2O4/c1-4-5-6-15(14)12(17)8-10-7-11(9-16)19-13(2,3)18-10/h10-11,16H,4-9,14H2,1-3H3/t10-,11+/m1/s1. The number of aliphatic hydroxyl groups is 1. The molecule has 6 heteroatoms. The quantitative estimate of drug-likeness (QED) is 0.425. The maximum atomic E-state index is 11.9. The first kappa shape index (κ1) is 16.4. The number of carbonyl (C=O) groups is 1. The Bertz CT molecular complexity index is 296. The highest BCUT2D eigenvalue weighted by atomic mass is 16.7. The van der Waals surface area contributed by atoms with Crippen LogP contribution in [0.25, 0.3) is 0 Å². The van der Waals surface area contributed by atoms with E-state index in [1.54, 1.807) is 13.8 Å². The zero-order chi connectivity index (χ0) is 14.5. The largest absolute Gasteiger partial charge is 0.394 e. The zero-order valence-electron chi connectivity index (χ0n) is 12.1. The summed E-state index contributed by atoms with van der Waals surface area (Å²) in [5.41, 5.74) is 0. The molecule has 1 saturated heterocycles. The number of unbranched alkanes of at least 4 members (excludes halogenated alkanes) is 1. The summed E-state index contributed by atoms with van der Waals surface area (Å²) in [5.74, 6) is 4.79. The molecule has 1 heterocycles. The minimum atomic E-state index is -0.778. The van der Waals surface area contributed by atoms with Crippen molar-refractivity contribution in [1.82, 2.24) is 5.01 Å². The number of nitrogens with two attached hydrogens (primary N) is 1. The van der Waals surface area contributed by atoms with Gasteiger partial charge in [-0.25, -0.2) is 5.84 Å². The highest BCUT2D eigenvalue weighted by Gasteiger charge is 2.36. The lowest BCUT2D eigenvalue weighted by molar-refractivity contribution is -0.303. The molecule has 1 aliphatic heterocycles. The van der Waals surface area contributed by atoms with Gasteiger partial charge in [0.05, 0.1) is 25.2 Å². The number of rotatable bonds is 6. The maximum Gasteiger partial charge on any atom is 0.239 e. The third-order valence-electron chi connectivity index (χ3n) is 3.11. The monoisotopic (exact) mass is 274 g/mol. The second-order valence-electron chi connectivity index (χ2n) is 5.44. The van der Waals surface area contributed by atoms with Crippen molar-refractivity contribution in [1.29, 1.82) is 0 Å². The summed E-state index contributed by atoms with van der Waals surface area (Å²) >= 11 is 0. The van der Waals surface area contributed by atoms with Gasteiger partial charge in [0.2, 0.25) is 5.91 Å². The van der Waals surface area contributed by atoms with Gasteiger partial charge in [-0.2, -0.15) is 0 Å². The highest BCUT2D eigenvalue weighted by Crippen LogP contribution is 2.28. The van der Waals surface area contributed by atoms with Gasteiger partial charge >= 0.3 is 0 Å². The summed E-state index contributed by atoms with van der Waals surface area (Å²) in [6, 6.07) is 0. The Kier molecular flexibility index (Phi) is 6.19. The van der Waals surface area contributed by atoms with Crippen LogP contribution in [0.1, 0.15) is 46.5 Å².